The molecule has 0 spiro atoms. The minimum atomic E-state index is 0.125. The normalized spacial score (nSPS) is 15.3. The van der Waals surface area contributed by atoms with Crippen molar-refractivity contribution in [3.63, 3.8) is 0 Å². The fraction of sp³-hybridized carbons (Fsp3) is 0.667. The van der Waals surface area contributed by atoms with Crippen LogP contribution in [0.15, 0.2) is 10.9 Å². The molecule has 0 fully saturated rings. The van der Waals surface area contributed by atoms with Crippen LogP contribution in [0.2, 0.25) is 0 Å². The molecular formula is C15H24N2O2S. The Labute approximate surface area is 126 Å². The molecule has 1 aromatic heterocycles. The van der Waals surface area contributed by atoms with Gasteiger partial charge in [-0.2, -0.15) is 12.6 Å². The maximum atomic E-state index is 12.5. The van der Waals surface area contributed by atoms with Crippen LogP contribution in [0.4, 0.5) is 0 Å². The van der Waals surface area contributed by atoms with Crippen LogP contribution in [0.25, 0.3) is 0 Å². The number of aromatic nitrogens is 1. The molecular weight excluding hydrogens is 272 g/mol. The molecule has 20 heavy (non-hydrogen) atoms. The molecule has 0 N–H and O–H groups in total. The lowest BCUT2D eigenvalue weighted by Gasteiger charge is -2.30. The first-order valence-corrected chi connectivity index (χ1v) is 7.91. The Morgan fingerprint density at radius 3 is 2.90 bits per heavy atom. The van der Waals surface area contributed by atoms with Gasteiger partial charge in [-0.3, -0.25) is 9.69 Å². The summed E-state index contributed by atoms with van der Waals surface area (Å²) in [6.07, 6.45) is 1.83. The third-order valence-electron chi connectivity index (χ3n) is 3.97. The van der Waals surface area contributed by atoms with Gasteiger partial charge in [0.15, 0.2) is 0 Å². The molecule has 2 rings (SSSR count). The number of ether oxygens (including phenoxy) is 1. The van der Waals surface area contributed by atoms with E-state index >= 15 is 0 Å². The minimum absolute atomic E-state index is 0.125. The summed E-state index contributed by atoms with van der Waals surface area (Å²) in [5.74, 6) is 0.502. The van der Waals surface area contributed by atoms with Gasteiger partial charge in [-0.1, -0.05) is 6.92 Å². The van der Waals surface area contributed by atoms with E-state index in [1.807, 2.05) is 4.57 Å². The lowest BCUT2D eigenvalue weighted by atomic mass is 10.0. The predicted octanol–water partition coefficient (Wildman–Crippen LogP) is 1.69. The van der Waals surface area contributed by atoms with Gasteiger partial charge in [-0.05, 0) is 24.6 Å². The smallest absolute Gasteiger partial charge is 0.254 e. The topological polar surface area (TPSA) is 34.5 Å². The second-order valence-corrected chi connectivity index (χ2v) is 5.54. The minimum Gasteiger partial charge on any atom is -0.385 e. The van der Waals surface area contributed by atoms with Crippen LogP contribution in [-0.2, 0) is 30.0 Å². The first-order chi connectivity index (χ1) is 9.71. The first-order valence-electron chi connectivity index (χ1n) is 7.27. The standard InChI is InChI=1S/C15H24N2O2S/c1-3-16-7-5-14-12(10-16)9-13(11-20)15(18)17(14)6-4-8-19-2/h9,20H,3-8,10-11H2,1-2H3. The molecule has 0 saturated heterocycles. The Bertz CT molecular complexity index is 513. The van der Waals surface area contributed by atoms with Crippen LogP contribution in [0.1, 0.15) is 30.2 Å². The maximum Gasteiger partial charge on any atom is 0.254 e. The van der Waals surface area contributed by atoms with Gasteiger partial charge in [0.25, 0.3) is 5.56 Å². The van der Waals surface area contributed by atoms with Crippen molar-refractivity contribution in [2.24, 2.45) is 0 Å². The Morgan fingerprint density at radius 1 is 1.45 bits per heavy atom. The fourth-order valence-corrected chi connectivity index (χ4v) is 3.05. The van der Waals surface area contributed by atoms with E-state index in [0.29, 0.717) is 12.4 Å². The van der Waals surface area contributed by atoms with Gasteiger partial charge in [-0.15, -0.1) is 0 Å². The number of nitrogens with zero attached hydrogens (tertiary/aromatic N) is 2. The first kappa shape index (κ1) is 15.6. The molecule has 0 saturated carbocycles. The zero-order chi connectivity index (χ0) is 14.5. The summed E-state index contributed by atoms with van der Waals surface area (Å²) >= 11 is 4.30. The van der Waals surface area contributed by atoms with Gasteiger partial charge in [0.05, 0.1) is 0 Å². The van der Waals surface area contributed by atoms with Crippen molar-refractivity contribution >= 4 is 12.6 Å². The van der Waals surface area contributed by atoms with Crippen LogP contribution in [0.5, 0.6) is 0 Å². The summed E-state index contributed by atoms with van der Waals surface area (Å²) < 4.78 is 7.05. The number of rotatable bonds is 6. The van der Waals surface area contributed by atoms with Gasteiger partial charge in [0, 0.05) is 56.8 Å². The summed E-state index contributed by atoms with van der Waals surface area (Å²) in [5, 5.41) is 0. The van der Waals surface area contributed by atoms with E-state index in [2.05, 4.69) is 30.5 Å². The monoisotopic (exact) mass is 296 g/mol. The number of hydrogen-bond donors (Lipinski definition) is 1. The van der Waals surface area contributed by atoms with Gasteiger partial charge in [-0.25, -0.2) is 0 Å². The van der Waals surface area contributed by atoms with E-state index in [1.165, 1.54) is 11.3 Å². The van der Waals surface area contributed by atoms with Gasteiger partial charge >= 0.3 is 0 Å². The van der Waals surface area contributed by atoms with E-state index in [0.717, 1.165) is 44.6 Å². The molecule has 1 aliphatic rings. The summed E-state index contributed by atoms with van der Waals surface area (Å²) in [6, 6.07) is 2.05. The highest BCUT2D eigenvalue weighted by atomic mass is 32.1. The van der Waals surface area contributed by atoms with Crippen molar-refractivity contribution in [2.75, 3.05) is 26.8 Å². The third kappa shape index (κ3) is 3.27. The average molecular weight is 296 g/mol. The highest BCUT2D eigenvalue weighted by molar-refractivity contribution is 7.79. The van der Waals surface area contributed by atoms with E-state index in [1.54, 1.807) is 7.11 Å². The SMILES string of the molecule is CCN1CCc2c(cc(CS)c(=O)n2CCCOC)C1. The van der Waals surface area contributed by atoms with Crippen molar-refractivity contribution in [3.8, 4) is 0 Å². The Hall–Kier alpha value is -0.780. The second kappa shape index (κ2) is 7.29. The number of methoxy groups -OCH3 is 1. The number of likely N-dealkylation sites (N-methyl/N-ethyl adjacent to an activating group) is 1. The van der Waals surface area contributed by atoms with Crippen molar-refractivity contribution in [2.45, 2.75) is 38.6 Å². The highest BCUT2D eigenvalue weighted by Crippen LogP contribution is 2.19. The van der Waals surface area contributed by atoms with Gasteiger partial charge in [0.1, 0.15) is 0 Å². The number of pyridine rings is 1. The molecule has 0 amide bonds. The lowest BCUT2D eigenvalue weighted by molar-refractivity contribution is 0.189. The molecule has 5 heteroatoms. The van der Waals surface area contributed by atoms with Gasteiger partial charge < -0.3 is 9.30 Å². The van der Waals surface area contributed by atoms with E-state index in [9.17, 15) is 4.79 Å². The van der Waals surface area contributed by atoms with E-state index < -0.39 is 0 Å². The molecule has 0 bridgehead atoms. The van der Waals surface area contributed by atoms with E-state index in [4.69, 9.17) is 4.74 Å². The predicted molar refractivity (Wildman–Crippen MR) is 84.5 cm³/mol. The Balaban J connectivity index is 2.35. The summed E-state index contributed by atoms with van der Waals surface area (Å²) in [7, 11) is 1.70. The fourth-order valence-electron chi connectivity index (χ4n) is 2.83. The number of hydrogen-bond acceptors (Lipinski definition) is 4. The molecule has 112 valence electrons. The molecule has 0 unspecified atom stereocenters. The summed E-state index contributed by atoms with van der Waals surface area (Å²) in [4.78, 5) is 14.9. The molecule has 1 aliphatic heterocycles. The average Bonchev–Trinajstić information content (AvgIpc) is 2.48. The quantitative estimate of drug-likeness (QED) is 0.641. The van der Waals surface area contributed by atoms with Crippen LogP contribution in [0, 0.1) is 0 Å². The molecule has 2 heterocycles. The Morgan fingerprint density at radius 2 is 2.25 bits per heavy atom. The van der Waals surface area contributed by atoms with Crippen molar-refractivity contribution < 1.29 is 4.74 Å². The van der Waals surface area contributed by atoms with Crippen LogP contribution in [-0.4, -0.2) is 36.3 Å². The van der Waals surface area contributed by atoms with Crippen molar-refractivity contribution in [1.82, 2.24) is 9.47 Å². The maximum absolute atomic E-state index is 12.5. The molecule has 0 atom stereocenters. The molecule has 0 aliphatic carbocycles. The molecule has 0 aromatic carbocycles. The van der Waals surface area contributed by atoms with Gasteiger partial charge in [0.2, 0.25) is 0 Å². The second-order valence-electron chi connectivity index (χ2n) is 5.22. The molecule has 1 aromatic rings. The molecule has 4 nitrogen and oxygen atoms in total. The highest BCUT2D eigenvalue weighted by Gasteiger charge is 2.20. The summed E-state index contributed by atoms with van der Waals surface area (Å²) in [5.41, 5.74) is 3.43. The van der Waals surface area contributed by atoms with Crippen LogP contribution >= 0.6 is 12.6 Å². The zero-order valence-corrected chi connectivity index (χ0v) is 13.3. The van der Waals surface area contributed by atoms with Crippen molar-refractivity contribution in [3.05, 3.63) is 33.2 Å². The van der Waals surface area contributed by atoms with Crippen LogP contribution < -0.4 is 5.56 Å². The van der Waals surface area contributed by atoms with E-state index in [-0.39, 0.29) is 5.56 Å². The van der Waals surface area contributed by atoms with Crippen molar-refractivity contribution in [1.29, 1.82) is 0 Å². The zero-order valence-electron chi connectivity index (χ0n) is 12.4. The summed E-state index contributed by atoms with van der Waals surface area (Å²) in [6.45, 7) is 6.64. The molecule has 0 radical (unpaired) electrons. The Kier molecular flexibility index (Phi) is 5.69. The number of fused-ring (bicyclic) bond motifs is 1. The largest absolute Gasteiger partial charge is 0.385 e. The number of thiol groups is 1. The third-order valence-corrected chi connectivity index (χ3v) is 4.31. The van der Waals surface area contributed by atoms with Crippen LogP contribution in [0.3, 0.4) is 0 Å². The lowest BCUT2D eigenvalue weighted by Crippen LogP contribution is -2.37.